The van der Waals surface area contributed by atoms with E-state index in [4.69, 9.17) is 9.68 Å². The van der Waals surface area contributed by atoms with Crippen LogP contribution in [0.3, 0.4) is 0 Å². The van der Waals surface area contributed by atoms with E-state index in [9.17, 15) is 0 Å². The van der Waals surface area contributed by atoms with Gasteiger partial charge in [0, 0.05) is 11.0 Å². The van der Waals surface area contributed by atoms with Crippen molar-refractivity contribution >= 4 is 15.9 Å². The van der Waals surface area contributed by atoms with Gasteiger partial charge >= 0.3 is 0 Å². The van der Waals surface area contributed by atoms with Crippen molar-refractivity contribution in [3.63, 3.8) is 0 Å². The Balaban J connectivity index is 2.41. The maximum atomic E-state index is 4.95. The second kappa shape index (κ2) is 2.71. The summed E-state index contributed by atoms with van der Waals surface area (Å²) in [6.07, 6.45) is 0. The molecule has 1 aliphatic rings. The molecule has 1 heterocycles. The Kier molecular flexibility index (Phi) is 1.71. The number of rotatable bonds is 1. The van der Waals surface area contributed by atoms with Crippen LogP contribution in [-0.2, 0) is 5.33 Å². The van der Waals surface area contributed by atoms with Crippen LogP contribution < -0.4 is 15.3 Å². The summed E-state index contributed by atoms with van der Waals surface area (Å²) in [4.78, 5) is 9.86. The van der Waals surface area contributed by atoms with Crippen LogP contribution in [0.1, 0.15) is 5.56 Å². The predicted molar refractivity (Wildman–Crippen MR) is 43.5 cm³/mol. The quantitative estimate of drug-likeness (QED) is 0.725. The summed E-state index contributed by atoms with van der Waals surface area (Å²) in [6, 6.07) is 5.76. The molecule has 1 aromatic carbocycles. The summed E-state index contributed by atoms with van der Waals surface area (Å²) in [5, 5.41) is 0.823. The van der Waals surface area contributed by atoms with Crippen molar-refractivity contribution in [2.45, 2.75) is 5.33 Å². The normalized spacial score (nSPS) is 13.5. The van der Waals surface area contributed by atoms with Gasteiger partial charge in [-0.1, -0.05) is 22.0 Å². The molecule has 0 fully saturated rings. The molecule has 1 aromatic rings. The van der Waals surface area contributed by atoms with Gasteiger partial charge in [0.15, 0.2) is 11.5 Å². The fraction of sp³-hybridized carbons (Fsp3) is 0.143. The van der Waals surface area contributed by atoms with Crippen LogP contribution in [0.2, 0.25) is 0 Å². The predicted octanol–water partition coefficient (Wildman–Crippen LogP) is 1.77. The smallest absolute Gasteiger partial charge is 0.196 e. The van der Waals surface area contributed by atoms with Crippen molar-refractivity contribution in [3.8, 4) is 11.5 Å². The average molecular weight is 216 g/mol. The minimum Gasteiger partial charge on any atom is -0.370 e. The first kappa shape index (κ1) is 6.94. The fourth-order valence-electron chi connectivity index (χ4n) is 0.910. The van der Waals surface area contributed by atoms with Crippen molar-refractivity contribution in [1.29, 1.82) is 0 Å². The first-order chi connectivity index (χ1) is 5.40. The molecule has 0 aliphatic carbocycles. The Labute approximate surface area is 72.3 Å². The van der Waals surface area contributed by atoms with E-state index in [2.05, 4.69) is 21.6 Å². The lowest BCUT2D eigenvalue weighted by Gasteiger charge is -1.95. The Morgan fingerprint density at radius 3 is 2.91 bits per heavy atom. The van der Waals surface area contributed by atoms with E-state index in [1.54, 1.807) is 0 Å². The molecule has 1 aliphatic heterocycles. The van der Waals surface area contributed by atoms with Crippen molar-refractivity contribution in [2.75, 3.05) is 0 Å². The summed E-state index contributed by atoms with van der Waals surface area (Å²) in [7, 11) is 0. The number of halogens is 1. The molecule has 0 saturated heterocycles. The molecular formula is C7H6BrNO2. The lowest BCUT2D eigenvalue weighted by atomic mass is 10.2. The lowest BCUT2D eigenvalue weighted by Crippen LogP contribution is -2.14. The number of hydrogen-bond acceptors (Lipinski definition) is 3. The van der Waals surface area contributed by atoms with Crippen LogP contribution in [0.25, 0.3) is 0 Å². The second-order valence-electron chi connectivity index (χ2n) is 2.20. The highest BCUT2D eigenvalue weighted by Crippen LogP contribution is 2.31. The third-order valence-corrected chi connectivity index (χ3v) is 2.11. The Hall–Kier alpha value is -0.740. The van der Waals surface area contributed by atoms with Gasteiger partial charge < -0.3 is 9.68 Å². The third-order valence-electron chi connectivity index (χ3n) is 1.47. The first-order valence-electron chi connectivity index (χ1n) is 3.18. The standard InChI is InChI=1S/C7H6BrNO2/c8-4-5-1-2-6-7(3-5)11-9-10-6/h1-3,9H,4H2. The summed E-state index contributed by atoms with van der Waals surface area (Å²) < 4.78 is 0. The van der Waals surface area contributed by atoms with Gasteiger partial charge in [-0.25, -0.2) is 0 Å². The largest absolute Gasteiger partial charge is 0.370 e. The fourth-order valence-corrected chi connectivity index (χ4v) is 1.26. The Morgan fingerprint density at radius 2 is 2.09 bits per heavy atom. The van der Waals surface area contributed by atoms with E-state index >= 15 is 0 Å². The highest BCUT2D eigenvalue weighted by atomic mass is 79.9. The van der Waals surface area contributed by atoms with Crippen molar-refractivity contribution in [1.82, 2.24) is 5.64 Å². The average Bonchev–Trinajstić information content (AvgIpc) is 2.50. The molecule has 0 atom stereocenters. The molecule has 0 radical (unpaired) electrons. The maximum Gasteiger partial charge on any atom is 0.196 e. The SMILES string of the molecule is BrCc1ccc2c(c1)ONO2. The minimum absolute atomic E-state index is 0.731. The highest BCUT2D eigenvalue weighted by molar-refractivity contribution is 9.08. The maximum absolute atomic E-state index is 4.95. The van der Waals surface area contributed by atoms with Gasteiger partial charge in [-0.3, -0.25) is 0 Å². The Bertz CT molecular complexity index is 277. The topological polar surface area (TPSA) is 30.5 Å². The molecule has 0 bridgehead atoms. The number of benzene rings is 1. The number of alkyl halides is 1. The number of nitrogens with one attached hydrogen (secondary N) is 1. The molecule has 11 heavy (non-hydrogen) atoms. The van der Waals surface area contributed by atoms with E-state index in [0.717, 1.165) is 22.4 Å². The van der Waals surface area contributed by atoms with Gasteiger partial charge in [0.25, 0.3) is 0 Å². The number of fused-ring (bicyclic) bond motifs is 1. The van der Waals surface area contributed by atoms with Gasteiger partial charge in [0.05, 0.1) is 0 Å². The summed E-state index contributed by atoms with van der Waals surface area (Å²) >= 11 is 3.35. The zero-order chi connectivity index (χ0) is 7.68. The molecule has 0 amide bonds. The van der Waals surface area contributed by atoms with Crippen molar-refractivity contribution in [2.24, 2.45) is 0 Å². The van der Waals surface area contributed by atoms with E-state index in [1.807, 2.05) is 18.2 Å². The Morgan fingerprint density at radius 1 is 1.27 bits per heavy atom. The van der Waals surface area contributed by atoms with Gasteiger partial charge in [0.1, 0.15) is 0 Å². The molecule has 0 unspecified atom stereocenters. The molecule has 58 valence electrons. The van der Waals surface area contributed by atoms with Crippen molar-refractivity contribution < 1.29 is 9.68 Å². The van der Waals surface area contributed by atoms with Crippen LogP contribution >= 0.6 is 15.9 Å². The van der Waals surface area contributed by atoms with E-state index < -0.39 is 0 Å². The molecule has 0 aromatic heterocycles. The van der Waals surface area contributed by atoms with Crippen LogP contribution in [0.15, 0.2) is 18.2 Å². The molecule has 3 nitrogen and oxygen atoms in total. The highest BCUT2D eigenvalue weighted by Gasteiger charge is 2.12. The van der Waals surface area contributed by atoms with Crippen LogP contribution in [-0.4, -0.2) is 0 Å². The monoisotopic (exact) mass is 215 g/mol. The van der Waals surface area contributed by atoms with Crippen LogP contribution in [0.4, 0.5) is 0 Å². The minimum atomic E-state index is 0.731. The molecular weight excluding hydrogens is 210 g/mol. The second-order valence-corrected chi connectivity index (χ2v) is 2.76. The zero-order valence-electron chi connectivity index (χ0n) is 5.63. The van der Waals surface area contributed by atoms with Gasteiger partial charge in [-0.15, -0.1) is 0 Å². The van der Waals surface area contributed by atoms with Crippen LogP contribution in [0.5, 0.6) is 11.5 Å². The van der Waals surface area contributed by atoms with Crippen LogP contribution in [0, 0.1) is 0 Å². The van der Waals surface area contributed by atoms with E-state index in [0.29, 0.717) is 0 Å². The number of hydrogen-bond donors (Lipinski definition) is 1. The van der Waals surface area contributed by atoms with Gasteiger partial charge in [0.2, 0.25) is 0 Å². The molecule has 0 saturated carbocycles. The summed E-state index contributed by atoms with van der Waals surface area (Å²) in [5.74, 6) is 1.47. The van der Waals surface area contributed by atoms with E-state index in [-0.39, 0.29) is 0 Å². The summed E-state index contributed by atoms with van der Waals surface area (Å²) in [6.45, 7) is 0. The van der Waals surface area contributed by atoms with Gasteiger partial charge in [-0.2, -0.15) is 0 Å². The molecule has 1 N–H and O–H groups in total. The molecule has 0 spiro atoms. The summed E-state index contributed by atoms with van der Waals surface area (Å²) in [5.41, 5.74) is 3.49. The van der Waals surface area contributed by atoms with Crippen molar-refractivity contribution in [3.05, 3.63) is 23.8 Å². The third kappa shape index (κ3) is 1.19. The molecule has 4 heteroatoms. The lowest BCUT2D eigenvalue weighted by molar-refractivity contribution is 0.0259. The zero-order valence-corrected chi connectivity index (χ0v) is 7.22. The first-order valence-corrected chi connectivity index (χ1v) is 4.30. The van der Waals surface area contributed by atoms with E-state index in [1.165, 1.54) is 0 Å². The van der Waals surface area contributed by atoms with Gasteiger partial charge in [-0.05, 0) is 17.7 Å². The molecule has 2 rings (SSSR count).